The Labute approximate surface area is 134 Å². The fourth-order valence-corrected chi connectivity index (χ4v) is 2.33. The van der Waals surface area contributed by atoms with Gasteiger partial charge in [0.25, 0.3) is 0 Å². The van der Waals surface area contributed by atoms with Gasteiger partial charge in [-0.25, -0.2) is 4.68 Å². The van der Waals surface area contributed by atoms with E-state index in [2.05, 4.69) is 41.6 Å². The maximum absolute atomic E-state index is 5.62. The Bertz CT molecular complexity index is 791. The van der Waals surface area contributed by atoms with Crippen molar-refractivity contribution in [1.29, 1.82) is 0 Å². The first kappa shape index (κ1) is 14.3. The molecule has 3 rings (SSSR count). The molecule has 110 valence electrons. The molecule has 3 N–H and O–H groups in total. The summed E-state index contributed by atoms with van der Waals surface area (Å²) < 4.78 is 1.80. The highest BCUT2D eigenvalue weighted by Crippen LogP contribution is 2.25. The van der Waals surface area contributed by atoms with E-state index in [1.165, 1.54) is 5.56 Å². The Balaban J connectivity index is 2.08. The molecule has 0 bridgehead atoms. The van der Waals surface area contributed by atoms with Crippen LogP contribution >= 0.6 is 12.2 Å². The second-order valence-corrected chi connectivity index (χ2v) is 5.46. The fourth-order valence-electron chi connectivity index (χ4n) is 2.23. The number of nitrogens with zero attached hydrogens (tertiary/aromatic N) is 2. The van der Waals surface area contributed by atoms with Crippen LogP contribution in [0.1, 0.15) is 5.56 Å². The molecule has 0 fully saturated rings. The van der Waals surface area contributed by atoms with Gasteiger partial charge in [0, 0.05) is 11.6 Å². The molecule has 0 aliphatic carbocycles. The number of hydrogen-bond acceptors (Lipinski definition) is 2. The molecule has 22 heavy (non-hydrogen) atoms. The zero-order valence-electron chi connectivity index (χ0n) is 12.2. The Morgan fingerprint density at radius 1 is 1.09 bits per heavy atom. The molecule has 0 unspecified atom stereocenters. The maximum atomic E-state index is 5.62. The summed E-state index contributed by atoms with van der Waals surface area (Å²) in [5.74, 6) is 0.745. The molecule has 0 spiro atoms. The van der Waals surface area contributed by atoms with E-state index < -0.39 is 0 Å². The molecule has 0 aliphatic heterocycles. The minimum absolute atomic E-state index is 0.215. The summed E-state index contributed by atoms with van der Waals surface area (Å²) in [6.45, 7) is 2.06. The maximum Gasteiger partial charge on any atom is 0.169 e. The molecule has 1 heterocycles. The van der Waals surface area contributed by atoms with Gasteiger partial charge in [-0.2, -0.15) is 5.10 Å². The quantitative estimate of drug-likeness (QED) is 0.727. The van der Waals surface area contributed by atoms with Crippen LogP contribution in [0.4, 0.5) is 5.82 Å². The van der Waals surface area contributed by atoms with Crippen LogP contribution in [0.2, 0.25) is 0 Å². The first-order valence-corrected chi connectivity index (χ1v) is 7.33. The van der Waals surface area contributed by atoms with Crippen molar-refractivity contribution in [3.8, 4) is 16.9 Å². The van der Waals surface area contributed by atoms with Crippen LogP contribution in [0, 0.1) is 6.92 Å². The molecule has 2 aromatic carbocycles. The van der Waals surface area contributed by atoms with Crippen LogP contribution in [-0.2, 0) is 0 Å². The number of nitrogens with one attached hydrogen (secondary N) is 1. The van der Waals surface area contributed by atoms with Crippen LogP contribution in [0.25, 0.3) is 16.9 Å². The second kappa shape index (κ2) is 5.99. The first-order chi connectivity index (χ1) is 10.6. The number of anilines is 1. The molecular weight excluding hydrogens is 292 g/mol. The largest absolute Gasteiger partial charge is 0.376 e. The van der Waals surface area contributed by atoms with Gasteiger partial charge in [-0.1, -0.05) is 48.0 Å². The van der Waals surface area contributed by atoms with Crippen LogP contribution in [-0.4, -0.2) is 14.9 Å². The van der Waals surface area contributed by atoms with E-state index in [4.69, 9.17) is 18.0 Å². The van der Waals surface area contributed by atoms with Gasteiger partial charge in [-0.3, -0.25) is 0 Å². The zero-order chi connectivity index (χ0) is 15.5. The van der Waals surface area contributed by atoms with Gasteiger partial charge in [-0.05, 0) is 31.3 Å². The SMILES string of the molecule is Cc1ccc(-c2cc(NC(N)=S)n(-c3ccccc3)n2)cc1. The van der Waals surface area contributed by atoms with Crippen molar-refractivity contribution in [3.05, 3.63) is 66.2 Å². The Kier molecular flexibility index (Phi) is 3.89. The fraction of sp³-hybridized carbons (Fsp3) is 0.0588. The van der Waals surface area contributed by atoms with Crippen molar-refractivity contribution in [2.24, 2.45) is 5.73 Å². The van der Waals surface area contributed by atoms with E-state index in [0.29, 0.717) is 0 Å². The minimum atomic E-state index is 0.215. The van der Waals surface area contributed by atoms with Crippen LogP contribution < -0.4 is 11.1 Å². The molecule has 0 aliphatic rings. The molecule has 0 amide bonds. The lowest BCUT2D eigenvalue weighted by atomic mass is 10.1. The predicted octanol–water partition coefficient (Wildman–Crippen LogP) is 3.50. The van der Waals surface area contributed by atoms with Gasteiger partial charge in [0.15, 0.2) is 5.11 Å². The molecule has 0 radical (unpaired) electrons. The molecule has 0 atom stereocenters. The molecule has 0 saturated heterocycles. The number of rotatable bonds is 3. The normalized spacial score (nSPS) is 10.4. The van der Waals surface area contributed by atoms with Crippen LogP contribution in [0.5, 0.6) is 0 Å². The molecule has 1 aromatic heterocycles. The van der Waals surface area contributed by atoms with Gasteiger partial charge in [0.1, 0.15) is 5.82 Å². The lowest BCUT2D eigenvalue weighted by Gasteiger charge is -2.07. The smallest absolute Gasteiger partial charge is 0.169 e. The summed E-state index contributed by atoms with van der Waals surface area (Å²) in [6.07, 6.45) is 0. The van der Waals surface area contributed by atoms with Crippen LogP contribution in [0.3, 0.4) is 0 Å². The second-order valence-electron chi connectivity index (χ2n) is 5.02. The van der Waals surface area contributed by atoms with Crippen LogP contribution in [0.15, 0.2) is 60.7 Å². The summed E-state index contributed by atoms with van der Waals surface area (Å²) >= 11 is 4.96. The number of benzene rings is 2. The van der Waals surface area contributed by atoms with Crippen molar-refractivity contribution in [2.45, 2.75) is 6.92 Å². The van der Waals surface area contributed by atoms with E-state index in [0.717, 1.165) is 22.8 Å². The monoisotopic (exact) mass is 308 g/mol. The number of hydrogen-bond donors (Lipinski definition) is 2. The van der Waals surface area contributed by atoms with Gasteiger partial charge in [0.05, 0.1) is 11.4 Å². The van der Waals surface area contributed by atoms with Crippen molar-refractivity contribution in [3.63, 3.8) is 0 Å². The molecular formula is C17H16N4S. The highest BCUT2D eigenvalue weighted by molar-refractivity contribution is 7.80. The van der Waals surface area contributed by atoms with E-state index in [-0.39, 0.29) is 5.11 Å². The van der Waals surface area contributed by atoms with Crippen molar-refractivity contribution in [2.75, 3.05) is 5.32 Å². The van der Waals surface area contributed by atoms with E-state index >= 15 is 0 Å². The molecule has 5 heteroatoms. The molecule has 4 nitrogen and oxygen atoms in total. The summed E-state index contributed by atoms with van der Waals surface area (Å²) in [5, 5.41) is 7.87. The standard InChI is InChI=1S/C17H16N4S/c1-12-7-9-13(10-8-12)15-11-16(19-17(18)22)21(20-15)14-5-3-2-4-6-14/h2-11H,1H3,(H3,18,19,22). The van der Waals surface area contributed by atoms with Crippen molar-refractivity contribution in [1.82, 2.24) is 9.78 Å². The van der Waals surface area contributed by atoms with Gasteiger partial charge in [0.2, 0.25) is 0 Å². The average molecular weight is 308 g/mol. The summed E-state index contributed by atoms with van der Waals surface area (Å²) in [6, 6.07) is 20.0. The number of para-hydroxylation sites is 1. The third-order valence-electron chi connectivity index (χ3n) is 3.31. The highest BCUT2D eigenvalue weighted by atomic mass is 32.1. The molecule has 3 aromatic rings. The van der Waals surface area contributed by atoms with Crippen molar-refractivity contribution < 1.29 is 0 Å². The zero-order valence-corrected chi connectivity index (χ0v) is 13.0. The summed E-state index contributed by atoms with van der Waals surface area (Å²) in [7, 11) is 0. The number of thiocarbonyl (C=S) groups is 1. The summed E-state index contributed by atoms with van der Waals surface area (Å²) in [5.41, 5.74) is 9.69. The summed E-state index contributed by atoms with van der Waals surface area (Å²) in [4.78, 5) is 0. The van der Waals surface area contributed by atoms with E-state index in [1.54, 1.807) is 4.68 Å². The van der Waals surface area contributed by atoms with E-state index in [1.807, 2.05) is 36.4 Å². The topological polar surface area (TPSA) is 55.9 Å². The average Bonchev–Trinajstić information content (AvgIpc) is 2.92. The van der Waals surface area contributed by atoms with Gasteiger partial charge in [-0.15, -0.1) is 0 Å². The number of aryl methyl sites for hydroxylation is 1. The number of nitrogens with two attached hydrogens (primary N) is 1. The van der Waals surface area contributed by atoms with Gasteiger partial charge < -0.3 is 11.1 Å². The third-order valence-corrected chi connectivity index (χ3v) is 3.41. The molecule has 0 saturated carbocycles. The first-order valence-electron chi connectivity index (χ1n) is 6.92. The Hall–Kier alpha value is -2.66. The number of aromatic nitrogens is 2. The van der Waals surface area contributed by atoms with Crippen molar-refractivity contribution >= 4 is 23.1 Å². The highest BCUT2D eigenvalue weighted by Gasteiger charge is 2.11. The minimum Gasteiger partial charge on any atom is -0.376 e. The van der Waals surface area contributed by atoms with E-state index in [9.17, 15) is 0 Å². The van der Waals surface area contributed by atoms with Gasteiger partial charge >= 0.3 is 0 Å². The Morgan fingerprint density at radius 3 is 2.41 bits per heavy atom. The predicted molar refractivity (Wildman–Crippen MR) is 94.1 cm³/mol. The lowest BCUT2D eigenvalue weighted by Crippen LogP contribution is -2.20. The lowest BCUT2D eigenvalue weighted by molar-refractivity contribution is 0.893. The third kappa shape index (κ3) is 2.99. The Morgan fingerprint density at radius 2 is 1.77 bits per heavy atom.